The first-order valence-electron chi connectivity index (χ1n) is 3.83. The number of aromatic nitrogens is 3. The predicted molar refractivity (Wildman–Crippen MR) is 51.5 cm³/mol. The second-order valence-corrected chi connectivity index (χ2v) is 3.12. The highest BCUT2D eigenvalue weighted by molar-refractivity contribution is 7.07. The standard InChI is InChI=1S/C8H8N4S/c1-2-9-8(10-3-1)11-4-7-5-13-6-12-7/h1-3,5-6H,4H2,(H,9,10,11). The molecule has 13 heavy (non-hydrogen) atoms. The zero-order chi connectivity index (χ0) is 8.93. The van der Waals surface area contributed by atoms with Gasteiger partial charge in [-0.2, -0.15) is 0 Å². The van der Waals surface area contributed by atoms with E-state index in [1.165, 1.54) is 0 Å². The summed E-state index contributed by atoms with van der Waals surface area (Å²) in [7, 11) is 0. The third-order valence-electron chi connectivity index (χ3n) is 1.48. The van der Waals surface area contributed by atoms with Gasteiger partial charge in [0, 0.05) is 17.8 Å². The first-order chi connectivity index (χ1) is 6.45. The van der Waals surface area contributed by atoms with Crippen LogP contribution in [-0.2, 0) is 6.54 Å². The minimum Gasteiger partial charge on any atom is -0.349 e. The van der Waals surface area contributed by atoms with Crippen molar-refractivity contribution in [2.45, 2.75) is 6.54 Å². The minimum atomic E-state index is 0.635. The van der Waals surface area contributed by atoms with Crippen molar-refractivity contribution in [2.75, 3.05) is 5.32 Å². The summed E-state index contributed by atoms with van der Waals surface area (Å²) in [6.07, 6.45) is 3.41. The van der Waals surface area contributed by atoms with Crippen LogP contribution >= 0.6 is 11.3 Å². The molecule has 2 aromatic heterocycles. The Morgan fingerprint density at radius 3 is 2.77 bits per heavy atom. The molecule has 0 radical (unpaired) electrons. The number of nitrogens with zero attached hydrogens (tertiary/aromatic N) is 3. The second-order valence-electron chi connectivity index (χ2n) is 2.41. The van der Waals surface area contributed by atoms with E-state index in [0.717, 1.165) is 5.69 Å². The van der Waals surface area contributed by atoms with Crippen molar-refractivity contribution in [3.63, 3.8) is 0 Å². The topological polar surface area (TPSA) is 50.7 Å². The molecule has 66 valence electrons. The van der Waals surface area contributed by atoms with Crippen molar-refractivity contribution in [1.29, 1.82) is 0 Å². The van der Waals surface area contributed by atoms with E-state index in [-0.39, 0.29) is 0 Å². The Morgan fingerprint density at radius 2 is 2.08 bits per heavy atom. The molecule has 0 aliphatic heterocycles. The Bertz CT molecular complexity index is 346. The first kappa shape index (κ1) is 8.12. The molecule has 0 atom stereocenters. The van der Waals surface area contributed by atoms with E-state index in [2.05, 4.69) is 20.3 Å². The molecule has 0 bridgehead atoms. The van der Waals surface area contributed by atoms with Crippen LogP contribution in [0.1, 0.15) is 5.69 Å². The van der Waals surface area contributed by atoms with Crippen molar-refractivity contribution in [2.24, 2.45) is 0 Å². The van der Waals surface area contributed by atoms with E-state index >= 15 is 0 Å². The average molecular weight is 192 g/mol. The van der Waals surface area contributed by atoms with Crippen LogP contribution in [-0.4, -0.2) is 15.0 Å². The largest absolute Gasteiger partial charge is 0.349 e. The molecule has 0 aliphatic rings. The van der Waals surface area contributed by atoms with Gasteiger partial charge >= 0.3 is 0 Å². The first-order valence-corrected chi connectivity index (χ1v) is 4.77. The normalized spacial score (nSPS) is 9.85. The Morgan fingerprint density at radius 1 is 1.23 bits per heavy atom. The zero-order valence-electron chi connectivity index (χ0n) is 6.84. The van der Waals surface area contributed by atoms with Crippen molar-refractivity contribution in [1.82, 2.24) is 15.0 Å². The Kier molecular flexibility index (Phi) is 2.47. The second kappa shape index (κ2) is 3.95. The highest BCUT2D eigenvalue weighted by Crippen LogP contribution is 2.03. The fourth-order valence-electron chi connectivity index (χ4n) is 0.885. The minimum absolute atomic E-state index is 0.635. The van der Waals surface area contributed by atoms with Crippen LogP contribution in [0.15, 0.2) is 29.4 Å². The summed E-state index contributed by atoms with van der Waals surface area (Å²) < 4.78 is 0. The molecule has 0 aliphatic carbocycles. The molecule has 0 fully saturated rings. The Hall–Kier alpha value is -1.49. The third kappa shape index (κ3) is 2.22. The van der Waals surface area contributed by atoms with Crippen LogP contribution < -0.4 is 5.32 Å². The monoisotopic (exact) mass is 192 g/mol. The van der Waals surface area contributed by atoms with Gasteiger partial charge in [-0.3, -0.25) is 0 Å². The van der Waals surface area contributed by atoms with Gasteiger partial charge in [-0.05, 0) is 6.07 Å². The Labute approximate surface area is 79.7 Å². The molecular formula is C8H8N4S. The smallest absolute Gasteiger partial charge is 0.222 e. The van der Waals surface area contributed by atoms with Gasteiger partial charge < -0.3 is 5.32 Å². The molecular weight excluding hydrogens is 184 g/mol. The summed E-state index contributed by atoms with van der Waals surface area (Å²) >= 11 is 1.58. The highest BCUT2D eigenvalue weighted by atomic mass is 32.1. The van der Waals surface area contributed by atoms with E-state index in [4.69, 9.17) is 0 Å². The highest BCUT2D eigenvalue weighted by Gasteiger charge is 1.95. The van der Waals surface area contributed by atoms with Gasteiger partial charge in [-0.25, -0.2) is 15.0 Å². The van der Waals surface area contributed by atoms with E-state index in [1.807, 2.05) is 10.9 Å². The SMILES string of the molecule is c1cnc(NCc2cscn2)nc1. The Balaban J connectivity index is 1.94. The molecule has 0 unspecified atom stereocenters. The lowest BCUT2D eigenvalue weighted by Gasteiger charge is -1.99. The number of thiazole rings is 1. The van der Waals surface area contributed by atoms with Crippen LogP contribution in [0, 0.1) is 0 Å². The molecule has 0 amide bonds. The lowest BCUT2D eigenvalue weighted by molar-refractivity contribution is 1.02. The van der Waals surface area contributed by atoms with E-state index in [9.17, 15) is 0 Å². The van der Waals surface area contributed by atoms with Crippen LogP contribution in [0.5, 0.6) is 0 Å². The molecule has 0 saturated heterocycles. The maximum absolute atomic E-state index is 4.13. The summed E-state index contributed by atoms with van der Waals surface area (Å²) in [5.41, 5.74) is 2.82. The molecule has 1 N–H and O–H groups in total. The van der Waals surface area contributed by atoms with Gasteiger partial charge in [0.2, 0.25) is 5.95 Å². The third-order valence-corrected chi connectivity index (χ3v) is 2.11. The van der Waals surface area contributed by atoms with Crippen molar-refractivity contribution in [3.05, 3.63) is 35.0 Å². The fourth-order valence-corrected chi connectivity index (χ4v) is 1.44. The van der Waals surface area contributed by atoms with E-state index < -0.39 is 0 Å². The lowest BCUT2D eigenvalue weighted by Crippen LogP contribution is -2.02. The van der Waals surface area contributed by atoms with Crippen molar-refractivity contribution < 1.29 is 0 Å². The number of anilines is 1. The predicted octanol–water partition coefficient (Wildman–Crippen LogP) is 1.55. The lowest BCUT2D eigenvalue weighted by atomic mass is 10.5. The number of nitrogens with one attached hydrogen (secondary N) is 1. The summed E-state index contributed by atoms with van der Waals surface area (Å²) in [6.45, 7) is 0.674. The molecule has 5 heteroatoms. The van der Waals surface area contributed by atoms with Gasteiger partial charge in [-0.15, -0.1) is 11.3 Å². The van der Waals surface area contributed by atoms with Gasteiger partial charge in [-0.1, -0.05) is 0 Å². The molecule has 0 saturated carbocycles. The molecule has 2 heterocycles. The molecule has 2 aromatic rings. The summed E-state index contributed by atoms with van der Waals surface area (Å²) in [6, 6.07) is 1.79. The van der Waals surface area contributed by atoms with Crippen LogP contribution in [0.2, 0.25) is 0 Å². The zero-order valence-corrected chi connectivity index (χ0v) is 7.66. The van der Waals surface area contributed by atoms with Crippen LogP contribution in [0.25, 0.3) is 0 Å². The van der Waals surface area contributed by atoms with Crippen LogP contribution in [0.4, 0.5) is 5.95 Å². The fraction of sp³-hybridized carbons (Fsp3) is 0.125. The summed E-state index contributed by atoms with van der Waals surface area (Å²) in [5, 5.41) is 5.06. The van der Waals surface area contributed by atoms with E-state index in [1.54, 1.807) is 29.8 Å². The van der Waals surface area contributed by atoms with Gasteiger partial charge in [0.1, 0.15) is 0 Å². The van der Waals surface area contributed by atoms with Crippen molar-refractivity contribution >= 4 is 17.3 Å². The number of hydrogen-bond acceptors (Lipinski definition) is 5. The molecule has 2 rings (SSSR count). The summed E-state index contributed by atoms with van der Waals surface area (Å²) in [4.78, 5) is 12.2. The van der Waals surface area contributed by atoms with Gasteiger partial charge in [0.15, 0.2) is 0 Å². The quantitative estimate of drug-likeness (QED) is 0.801. The van der Waals surface area contributed by atoms with Crippen molar-refractivity contribution in [3.8, 4) is 0 Å². The number of hydrogen-bond donors (Lipinski definition) is 1. The maximum Gasteiger partial charge on any atom is 0.222 e. The number of rotatable bonds is 3. The summed E-state index contributed by atoms with van der Waals surface area (Å²) in [5.74, 6) is 0.635. The van der Waals surface area contributed by atoms with E-state index in [0.29, 0.717) is 12.5 Å². The van der Waals surface area contributed by atoms with Gasteiger partial charge in [0.05, 0.1) is 17.7 Å². The average Bonchev–Trinajstić information content (AvgIpc) is 2.69. The molecule has 4 nitrogen and oxygen atoms in total. The maximum atomic E-state index is 4.13. The molecule has 0 spiro atoms. The van der Waals surface area contributed by atoms with Crippen LogP contribution in [0.3, 0.4) is 0 Å². The molecule has 0 aromatic carbocycles. The van der Waals surface area contributed by atoms with Gasteiger partial charge in [0.25, 0.3) is 0 Å².